The lowest BCUT2D eigenvalue weighted by molar-refractivity contribution is -0.209. The van der Waals surface area contributed by atoms with Gasteiger partial charge in [-0.2, -0.15) is 15.2 Å². The topological polar surface area (TPSA) is 135 Å². The minimum absolute atomic E-state index is 0.0436. The van der Waals surface area contributed by atoms with Crippen molar-refractivity contribution in [1.82, 2.24) is 20.5 Å². The fourth-order valence-electron chi connectivity index (χ4n) is 7.91. The Morgan fingerprint density at radius 2 is 1.20 bits per heavy atom. The Morgan fingerprint density at radius 1 is 0.727 bits per heavy atom. The maximum Gasteiger partial charge on any atom is 0.246 e. The zero-order chi connectivity index (χ0) is 43.6. The first-order chi connectivity index (χ1) is 24.5. The molecule has 1 saturated heterocycles. The smallest absolute Gasteiger partial charge is 0.246 e. The summed E-state index contributed by atoms with van der Waals surface area (Å²) in [7, 11) is 0. The van der Waals surface area contributed by atoms with Crippen LogP contribution in [0, 0.1) is 5.41 Å². The zero-order valence-corrected chi connectivity index (χ0v) is 39.0. The average molecular weight is 781 g/mol. The van der Waals surface area contributed by atoms with Gasteiger partial charge < -0.3 is 30.4 Å². The van der Waals surface area contributed by atoms with Crippen molar-refractivity contribution in [2.45, 2.75) is 228 Å². The van der Waals surface area contributed by atoms with Crippen LogP contribution in [0.2, 0.25) is 0 Å². The summed E-state index contributed by atoms with van der Waals surface area (Å²) in [4.78, 5) is 24.8. The molecule has 0 aromatic carbocycles. The Kier molecular flexibility index (Phi) is 16.5. The SMILES string of the molecule is CC(C)(C)OCC(=O)NC1CC(C)(C)N(O)C1(C)C.CC(C)(C)OCC1=CC(C)(C)N(O)C1(C)C.CCC1(CC)C=C(C(=O)C(C)(C)C)C(CC)(CC)N1O. The molecule has 11 heteroatoms. The zero-order valence-electron chi connectivity index (χ0n) is 39.0. The maximum atomic E-state index is 12.9. The van der Waals surface area contributed by atoms with E-state index in [0.717, 1.165) is 36.8 Å². The van der Waals surface area contributed by atoms with Gasteiger partial charge in [0, 0.05) is 16.5 Å². The van der Waals surface area contributed by atoms with E-state index in [1.54, 1.807) is 0 Å². The van der Waals surface area contributed by atoms with E-state index in [4.69, 9.17) is 9.47 Å². The number of carbonyl (C=O) groups is 2. The second kappa shape index (κ2) is 17.7. The number of hydroxylamine groups is 6. The summed E-state index contributed by atoms with van der Waals surface area (Å²) in [6.07, 6.45) is 7.96. The standard InChI is InChI=1S/C17H31NO2.C14H28N2O3.C13H25NO2/c1-8-16(9-2)12-13(14(19)15(5,6)7)17(10-3,11-4)18(16)20;1-12(2,3)19-9-11(17)15-10-8-13(4,5)16(18)14(10,6)7;1-11(2,3)16-9-10-8-12(4,5)14(15)13(10,6)7/h12,20H,8-11H2,1-7H3;10,18H,8-9H2,1-7H3,(H,15,17);8,15H,9H2,1-7H3. The molecule has 55 heavy (non-hydrogen) atoms. The molecular weight excluding hydrogens is 697 g/mol. The Labute approximate surface area is 336 Å². The summed E-state index contributed by atoms with van der Waals surface area (Å²) in [5.41, 5.74) is -1.38. The molecule has 3 aliphatic rings. The highest BCUT2D eigenvalue weighted by Crippen LogP contribution is 2.48. The summed E-state index contributed by atoms with van der Waals surface area (Å²) in [6.45, 7) is 42.4. The van der Waals surface area contributed by atoms with E-state index in [0.29, 0.717) is 13.0 Å². The van der Waals surface area contributed by atoms with E-state index in [1.165, 1.54) is 15.2 Å². The molecule has 0 spiro atoms. The molecule has 3 rings (SSSR count). The van der Waals surface area contributed by atoms with Crippen LogP contribution < -0.4 is 5.32 Å². The second-order valence-corrected chi connectivity index (χ2v) is 21.1. The van der Waals surface area contributed by atoms with Crippen molar-refractivity contribution in [3.8, 4) is 0 Å². The summed E-state index contributed by atoms with van der Waals surface area (Å²) >= 11 is 0. The summed E-state index contributed by atoms with van der Waals surface area (Å²) in [6, 6.07) is -0.0939. The predicted molar refractivity (Wildman–Crippen MR) is 222 cm³/mol. The van der Waals surface area contributed by atoms with E-state index >= 15 is 0 Å². The van der Waals surface area contributed by atoms with Crippen molar-refractivity contribution in [2.75, 3.05) is 13.2 Å². The number of hydrogen-bond acceptors (Lipinski definition) is 10. The molecule has 4 N–H and O–H groups in total. The average Bonchev–Trinajstić information content (AvgIpc) is 3.46. The van der Waals surface area contributed by atoms with Crippen LogP contribution in [-0.4, -0.2) is 106 Å². The van der Waals surface area contributed by atoms with Crippen molar-refractivity contribution in [3.63, 3.8) is 0 Å². The molecule has 11 nitrogen and oxygen atoms in total. The number of ether oxygens (including phenoxy) is 2. The van der Waals surface area contributed by atoms with Gasteiger partial charge in [-0.3, -0.25) is 9.59 Å². The number of hydrogen-bond donors (Lipinski definition) is 4. The van der Waals surface area contributed by atoms with Crippen LogP contribution in [0.5, 0.6) is 0 Å². The first-order valence-electron chi connectivity index (χ1n) is 20.5. The molecule has 0 radical (unpaired) electrons. The third kappa shape index (κ3) is 11.9. The number of nitrogens with zero attached hydrogens (tertiary/aromatic N) is 3. The van der Waals surface area contributed by atoms with Gasteiger partial charge in [0.1, 0.15) is 6.61 Å². The second-order valence-electron chi connectivity index (χ2n) is 21.1. The molecule has 0 aromatic rings. The number of carbonyl (C=O) groups excluding carboxylic acids is 2. The lowest BCUT2D eigenvalue weighted by Crippen LogP contribution is -2.54. The van der Waals surface area contributed by atoms with Gasteiger partial charge in [0.25, 0.3) is 0 Å². The molecule has 3 heterocycles. The first-order valence-corrected chi connectivity index (χ1v) is 20.5. The highest BCUT2D eigenvalue weighted by Gasteiger charge is 2.55. The monoisotopic (exact) mass is 781 g/mol. The minimum Gasteiger partial charge on any atom is -0.371 e. The number of nitrogens with one attached hydrogen (secondary N) is 1. The molecule has 1 fully saturated rings. The van der Waals surface area contributed by atoms with Crippen LogP contribution in [0.1, 0.15) is 178 Å². The van der Waals surface area contributed by atoms with Gasteiger partial charge >= 0.3 is 0 Å². The molecule has 3 aliphatic heterocycles. The quantitative estimate of drug-likeness (QED) is 0.159. The van der Waals surface area contributed by atoms with E-state index in [2.05, 4.69) is 39.1 Å². The lowest BCUT2D eigenvalue weighted by atomic mass is 9.76. The normalized spacial score (nSPS) is 24.3. The molecular formula is C44H84N4O7. The molecule has 1 atom stereocenters. The number of amides is 1. The van der Waals surface area contributed by atoms with Gasteiger partial charge in [-0.25, -0.2) is 0 Å². The van der Waals surface area contributed by atoms with Crippen LogP contribution in [0.25, 0.3) is 0 Å². The van der Waals surface area contributed by atoms with E-state index in [1.807, 2.05) is 124 Å². The van der Waals surface area contributed by atoms with Crippen LogP contribution in [-0.2, 0) is 19.1 Å². The molecule has 0 saturated carbocycles. The van der Waals surface area contributed by atoms with Crippen molar-refractivity contribution in [2.24, 2.45) is 5.41 Å². The third-order valence-electron chi connectivity index (χ3n) is 11.8. The van der Waals surface area contributed by atoms with E-state index < -0.39 is 22.0 Å². The summed E-state index contributed by atoms with van der Waals surface area (Å²) < 4.78 is 11.2. The van der Waals surface area contributed by atoms with E-state index in [-0.39, 0.29) is 52.2 Å². The number of rotatable bonds is 10. The molecule has 322 valence electrons. The van der Waals surface area contributed by atoms with Gasteiger partial charge in [-0.1, -0.05) is 60.6 Å². The summed E-state index contributed by atoms with van der Waals surface area (Å²) in [5.74, 6) is 0.0168. The number of ketones is 1. The Morgan fingerprint density at radius 3 is 1.53 bits per heavy atom. The van der Waals surface area contributed by atoms with Gasteiger partial charge in [0.05, 0.1) is 51.5 Å². The largest absolute Gasteiger partial charge is 0.371 e. The van der Waals surface area contributed by atoms with Gasteiger partial charge in [-0.05, 0) is 135 Å². The van der Waals surface area contributed by atoms with Crippen molar-refractivity contribution in [3.05, 3.63) is 23.3 Å². The molecule has 1 unspecified atom stereocenters. The van der Waals surface area contributed by atoms with Crippen LogP contribution in [0.15, 0.2) is 23.3 Å². The van der Waals surface area contributed by atoms with Crippen molar-refractivity contribution < 1.29 is 34.7 Å². The Bertz CT molecular complexity index is 1370. The van der Waals surface area contributed by atoms with Crippen molar-refractivity contribution in [1.29, 1.82) is 0 Å². The maximum absolute atomic E-state index is 12.9. The lowest BCUT2D eigenvalue weighted by Gasteiger charge is -2.43. The molecule has 0 bridgehead atoms. The first kappa shape index (κ1) is 51.3. The van der Waals surface area contributed by atoms with Crippen LogP contribution in [0.3, 0.4) is 0 Å². The fourth-order valence-corrected chi connectivity index (χ4v) is 7.91. The minimum atomic E-state index is -0.531. The highest BCUT2D eigenvalue weighted by molar-refractivity contribution is 6.02. The summed E-state index contributed by atoms with van der Waals surface area (Å²) in [5, 5.41) is 38.3. The van der Waals surface area contributed by atoms with Gasteiger partial charge in [0.2, 0.25) is 5.91 Å². The third-order valence-corrected chi connectivity index (χ3v) is 11.8. The predicted octanol–water partition coefficient (Wildman–Crippen LogP) is 9.28. The number of Topliss-reactive ketones (excluding diaryl/α,β-unsaturated/α-hetero) is 1. The molecule has 0 aromatic heterocycles. The van der Waals surface area contributed by atoms with Crippen molar-refractivity contribution >= 4 is 11.7 Å². The Hall–Kier alpha value is -1.70. The van der Waals surface area contributed by atoms with Gasteiger partial charge in [-0.15, -0.1) is 0 Å². The van der Waals surface area contributed by atoms with Gasteiger partial charge in [0.15, 0.2) is 5.78 Å². The fraction of sp³-hybridized carbons (Fsp3) is 0.864. The van der Waals surface area contributed by atoms with Crippen LogP contribution in [0.4, 0.5) is 0 Å². The Balaban J connectivity index is 0.000000415. The highest BCUT2D eigenvalue weighted by atomic mass is 16.5. The van der Waals surface area contributed by atoms with E-state index in [9.17, 15) is 25.2 Å². The van der Waals surface area contributed by atoms with Crippen LogP contribution >= 0.6 is 0 Å². The molecule has 1 amide bonds. The molecule has 0 aliphatic carbocycles.